The lowest BCUT2D eigenvalue weighted by molar-refractivity contribution is -0.150. The van der Waals surface area contributed by atoms with Gasteiger partial charge in [-0.25, -0.2) is 0 Å². The Bertz CT molecular complexity index is 307. The summed E-state index contributed by atoms with van der Waals surface area (Å²) in [5.41, 5.74) is 0. The number of hydrogen-bond acceptors (Lipinski definition) is 3. The number of amides is 2. The van der Waals surface area contributed by atoms with Crippen molar-refractivity contribution in [1.29, 1.82) is 0 Å². The molecule has 0 radical (unpaired) electrons. The van der Waals surface area contributed by atoms with Gasteiger partial charge in [-0.2, -0.15) is 11.8 Å². The lowest BCUT2D eigenvalue weighted by Gasteiger charge is -2.40. The van der Waals surface area contributed by atoms with Crippen LogP contribution in [0.2, 0.25) is 0 Å². The van der Waals surface area contributed by atoms with Crippen LogP contribution in [0.4, 0.5) is 0 Å². The van der Waals surface area contributed by atoms with Gasteiger partial charge in [0.1, 0.15) is 12.1 Å². The number of thioether (sulfide) groups is 1. The molecule has 18 heavy (non-hydrogen) atoms. The number of carbonyl (C=O) groups excluding carboxylic acids is 2. The maximum absolute atomic E-state index is 12.3. The molecule has 5 heteroatoms. The predicted molar refractivity (Wildman–Crippen MR) is 75.6 cm³/mol. The second kappa shape index (κ2) is 7.02. The number of carbonyl (C=O) groups is 2. The van der Waals surface area contributed by atoms with Crippen molar-refractivity contribution in [1.82, 2.24) is 10.2 Å². The minimum atomic E-state index is -0.334. The zero-order chi connectivity index (χ0) is 13.7. The van der Waals surface area contributed by atoms with Crippen molar-refractivity contribution in [2.24, 2.45) is 5.92 Å². The predicted octanol–water partition coefficient (Wildman–Crippen LogP) is 1.50. The van der Waals surface area contributed by atoms with Gasteiger partial charge in [0, 0.05) is 12.3 Å². The molecule has 0 aromatic heterocycles. The Morgan fingerprint density at radius 3 is 2.50 bits per heavy atom. The number of hydrogen-bond donors (Lipinski definition) is 1. The number of nitrogens with zero attached hydrogens (tertiary/aromatic N) is 1. The van der Waals surface area contributed by atoms with E-state index in [1.807, 2.05) is 20.8 Å². The van der Waals surface area contributed by atoms with Gasteiger partial charge >= 0.3 is 0 Å². The topological polar surface area (TPSA) is 49.4 Å². The summed E-state index contributed by atoms with van der Waals surface area (Å²) in [4.78, 5) is 26.2. The molecule has 2 unspecified atom stereocenters. The van der Waals surface area contributed by atoms with Crippen LogP contribution in [0.15, 0.2) is 0 Å². The van der Waals surface area contributed by atoms with Crippen LogP contribution in [0.25, 0.3) is 0 Å². The van der Waals surface area contributed by atoms with Gasteiger partial charge in [-0.3, -0.25) is 9.59 Å². The minimum Gasteiger partial charge on any atom is -0.343 e. The highest BCUT2D eigenvalue weighted by Gasteiger charge is 2.40. The van der Waals surface area contributed by atoms with E-state index < -0.39 is 0 Å². The van der Waals surface area contributed by atoms with Crippen LogP contribution in [0.3, 0.4) is 0 Å². The van der Waals surface area contributed by atoms with Crippen LogP contribution in [-0.2, 0) is 9.59 Å². The minimum absolute atomic E-state index is 0.00190. The van der Waals surface area contributed by atoms with Gasteiger partial charge in [0.25, 0.3) is 0 Å². The van der Waals surface area contributed by atoms with Crippen LogP contribution < -0.4 is 5.32 Å². The Labute approximate surface area is 114 Å². The van der Waals surface area contributed by atoms with Gasteiger partial charge in [0.15, 0.2) is 0 Å². The lowest BCUT2D eigenvalue weighted by Crippen LogP contribution is -2.64. The van der Waals surface area contributed by atoms with Gasteiger partial charge in [-0.1, -0.05) is 27.7 Å². The largest absolute Gasteiger partial charge is 0.343 e. The molecule has 1 aliphatic rings. The molecular formula is C13H24N2O2S. The van der Waals surface area contributed by atoms with E-state index >= 15 is 0 Å². The Morgan fingerprint density at radius 2 is 2.00 bits per heavy atom. The summed E-state index contributed by atoms with van der Waals surface area (Å²) in [6.45, 7) is 8.68. The van der Waals surface area contributed by atoms with Crippen LogP contribution in [-0.4, -0.2) is 46.8 Å². The Kier molecular flexibility index (Phi) is 5.99. The summed E-state index contributed by atoms with van der Waals surface area (Å²) in [5.74, 6) is 2.16. The second-order valence-corrected chi connectivity index (χ2v) is 6.28. The summed E-state index contributed by atoms with van der Waals surface area (Å²) in [6.07, 6.45) is 0.660. The Morgan fingerprint density at radius 1 is 1.33 bits per heavy atom. The molecule has 2 atom stereocenters. The molecule has 104 valence electrons. The molecule has 0 spiro atoms. The summed E-state index contributed by atoms with van der Waals surface area (Å²) < 4.78 is 0. The van der Waals surface area contributed by atoms with Crippen LogP contribution >= 0.6 is 11.8 Å². The van der Waals surface area contributed by atoms with E-state index in [0.29, 0.717) is 13.0 Å². The first-order valence-electron chi connectivity index (χ1n) is 6.71. The highest BCUT2D eigenvalue weighted by atomic mass is 32.2. The molecule has 4 nitrogen and oxygen atoms in total. The average molecular weight is 272 g/mol. The van der Waals surface area contributed by atoms with E-state index in [9.17, 15) is 9.59 Å². The fraction of sp³-hybridized carbons (Fsp3) is 0.846. The molecule has 0 aliphatic carbocycles. The zero-order valence-electron chi connectivity index (χ0n) is 11.7. The maximum atomic E-state index is 12.3. The van der Waals surface area contributed by atoms with E-state index in [0.717, 1.165) is 11.5 Å². The van der Waals surface area contributed by atoms with E-state index in [2.05, 4.69) is 12.2 Å². The quantitative estimate of drug-likeness (QED) is 0.746. The third kappa shape index (κ3) is 3.40. The Balaban J connectivity index is 2.80. The Hall–Kier alpha value is -0.710. The summed E-state index contributed by atoms with van der Waals surface area (Å²) in [6, 6.07) is -0.642. The van der Waals surface area contributed by atoms with Crippen molar-refractivity contribution in [2.45, 2.75) is 46.2 Å². The van der Waals surface area contributed by atoms with Crippen molar-refractivity contribution in [3.05, 3.63) is 0 Å². The first kappa shape index (κ1) is 15.3. The van der Waals surface area contributed by atoms with E-state index in [1.54, 1.807) is 16.7 Å². The molecule has 1 saturated heterocycles. The monoisotopic (exact) mass is 272 g/mol. The molecule has 1 heterocycles. The smallest absolute Gasteiger partial charge is 0.245 e. The number of rotatable bonds is 6. The average Bonchev–Trinajstić information content (AvgIpc) is 2.32. The second-order valence-electron chi connectivity index (χ2n) is 4.89. The van der Waals surface area contributed by atoms with Crippen molar-refractivity contribution in [3.63, 3.8) is 0 Å². The van der Waals surface area contributed by atoms with Gasteiger partial charge in [0.2, 0.25) is 11.8 Å². The van der Waals surface area contributed by atoms with Crippen LogP contribution in [0.1, 0.15) is 34.1 Å². The van der Waals surface area contributed by atoms with Gasteiger partial charge < -0.3 is 10.2 Å². The number of nitrogens with one attached hydrogen (secondary N) is 1. The fourth-order valence-electron chi connectivity index (χ4n) is 2.29. The summed E-state index contributed by atoms with van der Waals surface area (Å²) in [7, 11) is 0. The molecule has 0 aromatic carbocycles. The highest BCUT2D eigenvalue weighted by Crippen LogP contribution is 2.19. The fourth-order valence-corrected chi connectivity index (χ4v) is 2.91. The molecule has 1 rings (SSSR count). The van der Waals surface area contributed by atoms with E-state index in [-0.39, 0.29) is 29.8 Å². The van der Waals surface area contributed by atoms with Crippen LogP contribution in [0.5, 0.6) is 0 Å². The first-order chi connectivity index (χ1) is 8.52. The first-order valence-corrected chi connectivity index (χ1v) is 7.86. The van der Waals surface area contributed by atoms with Crippen molar-refractivity contribution < 1.29 is 9.59 Å². The molecule has 1 aliphatic heterocycles. The van der Waals surface area contributed by atoms with Gasteiger partial charge in [-0.05, 0) is 18.1 Å². The third-order valence-corrected chi connectivity index (χ3v) is 4.10. The van der Waals surface area contributed by atoms with Gasteiger partial charge in [0.05, 0.1) is 0 Å². The number of piperazine rings is 1. The molecular weight excluding hydrogens is 248 g/mol. The molecule has 2 amide bonds. The van der Waals surface area contributed by atoms with Gasteiger partial charge in [-0.15, -0.1) is 0 Å². The maximum Gasteiger partial charge on any atom is 0.245 e. The molecule has 0 bridgehead atoms. The van der Waals surface area contributed by atoms with Crippen molar-refractivity contribution in [3.8, 4) is 0 Å². The van der Waals surface area contributed by atoms with Crippen molar-refractivity contribution in [2.75, 3.05) is 18.1 Å². The lowest BCUT2D eigenvalue weighted by atomic mass is 9.96. The molecule has 0 saturated carbocycles. The molecule has 1 fully saturated rings. The molecule has 0 aromatic rings. The zero-order valence-corrected chi connectivity index (χ0v) is 12.5. The highest BCUT2D eigenvalue weighted by molar-refractivity contribution is 7.99. The van der Waals surface area contributed by atoms with E-state index in [1.165, 1.54) is 0 Å². The summed E-state index contributed by atoms with van der Waals surface area (Å²) in [5, 5.41) is 2.83. The SMILES string of the molecule is CCSCCN1C(=O)C(CC)NC(=O)C1C(C)C. The normalized spacial score (nSPS) is 24.6. The third-order valence-electron chi connectivity index (χ3n) is 3.22. The summed E-state index contributed by atoms with van der Waals surface area (Å²) >= 11 is 1.80. The molecule has 1 N–H and O–H groups in total. The van der Waals surface area contributed by atoms with E-state index in [4.69, 9.17) is 0 Å². The van der Waals surface area contributed by atoms with Crippen LogP contribution in [0, 0.1) is 5.92 Å². The standard InChI is InChI=1S/C13H24N2O2S/c1-5-10-13(17)15(7-8-18-6-2)11(9(3)4)12(16)14-10/h9-11H,5-8H2,1-4H3,(H,14,16). The van der Waals surface area contributed by atoms with Crippen molar-refractivity contribution >= 4 is 23.6 Å².